The van der Waals surface area contributed by atoms with Gasteiger partial charge in [0, 0.05) is 19.6 Å². The molecule has 0 saturated heterocycles. The van der Waals surface area contributed by atoms with E-state index < -0.39 is 0 Å². The SMILES string of the molecule is CCn1c(-c2nonc2N)nc2cncc(OCCCCNCCOCCOCCN)c21. The first-order valence-corrected chi connectivity index (χ1v) is 10.9. The Morgan fingerprint density at radius 1 is 1.03 bits per heavy atom. The molecular weight excluding hydrogens is 416 g/mol. The molecule has 176 valence electrons. The molecule has 3 rings (SSSR count). The Morgan fingerprint density at radius 3 is 2.62 bits per heavy atom. The number of unbranched alkanes of at least 4 members (excludes halogenated alkanes) is 1. The van der Waals surface area contributed by atoms with Crippen LogP contribution in [0.4, 0.5) is 5.82 Å². The molecule has 0 fully saturated rings. The Bertz CT molecular complexity index is 945. The van der Waals surface area contributed by atoms with E-state index in [9.17, 15) is 0 Å². The number of ether oxygens (including phenoxy) is 3. The minimum atomic E-state index is 0.197. The second kappa shape index (κ2) is 12.9. The maximum atomic E-state index is 6.03. The average molecular weight is 449 g/mol. The highest BCUT2D eigenvalue weighted by Crippen LogP contribution is 2.31. The van der Waals surface area contributed by atoms with Crippen LogP contribution >= 0.6 is 0 Å². The molecule has 32 heavy (non-hydrogen) atoms. The van der Waals surface area contributed by atoms with Crippen LogP contribution in [0.15, 0.2) is 17.0 Å². The predicted octanol–water partition coefficient (Wildman–Crippen LogP) is 0.824. The van der Waals surface area contributed by atoms with Crippen molar-refractivity contribution < 1.29 is 18.8 Å². The Hall–Kier alpha value is -2.80. The fourth-order valence-corrected chi connectivity index (χ4v) is 3.21. The maximum absolute atomic E-state index is 6.03. The van der Waals surface area contributed by atoms with Gasteiger partial charge in [0.1, 0.15) is 11.0 Å². The van der Waals surface area contributed by atoms with Gasteiger partial charge in [-0.1, -0.05) is 0 Å². The van der Waals surface area contributed by atoms with E-state index in [1.165, 1.54) is 0 Å². The fourth-order valence-electron chi connectivity index (χ4n) is 3.21. The van der Waals surface area contributed by atoms with Crippen molar-refractivity contribution in [3.05, 3.63) is 12.4 Å². The number of aromatic nitrogens is 5. The van der Waals surface area contributed by atoms with E-state index in [1.54, 1.807) is 12.4 Å². The van der Waals surface area contributed by atoms with Crippen molar-refractivity contribution in [3.8, 4) is 17.3 Å². The minimum absolute atomic E-state index is 0.197. The van der Waals surface area contributed by atoms with Gasteiger partial charge in [-0.3, -0.25) is 4.98 Å². The van der Waals surface area contributed by atoms with Crippen molar-refractivity contribution in [3.63, 3.8) is 0 Å². The van der Waals surface area contributed by atoms with Crippen LogP contribution in [0.25, 0.3) is 22.6 Å². The molecule has 3 aromatic heterocycles. The zero-order valence-electron chi connectivity index (χ0n) is 18.5. The van der Waals surface area contributed by atoms with Gasteiger partial charge in [-0.15, -0.1) is 0 Å². The summed E-state index contributed by atoms with van der Waals surface area (Å²) >= 11 is 0. The lowest BCUT2D eigenvalue weighted by atomic mass is 10.3. The van der Waals surface area contributed by atoms with Crippen molar-refractivity contribution in [2.24, 2.45) is 5.73 Å². The molecule has 0 aliphatic carbocycles. The van der Waals surface area contributed by atoms with E-state index >= 15 is 0 Å². The number of pyridine rings is 1. The normalized spacial score (nSPS) is 11.4. The first-order valence-electron chi connectivity index (χ1n) is 10.9. The Morgan fingerprint density at radius 2 is 1.88 bits per heavy atom. The first-order chi connectivity index (χ1) is 15.8. The smallest absolute Gasteiger partial charge is 0.199 e. The molecule has 12 nitrogen and oxygen atoms in total. The number of nitrogen functional groups attached to an aromatic ring is 1. The Labute approximate surface area is 186 Å². The summed E-state index contributed by atoms with van der Waals surface area (Å²) in [5, 5.41) is 10.9. The third-order valence-electron chi connectivity index (χ3n) is 4.72. The monoisotopic (exact) mass is 448 g/mol. The molecule has 0 saturated carbocycles. The number of nitrogens with one attached hydrogen (secondary N) is 1. The highest BCUT2D eigenvalue weighted by Gasteiger charge is 2.20. The summed E-state index contributed by atoms with van der Waals surface area (Å²) in [5.41, 5.74) is 13.2. The summed E-state index contributed by atoms with van der Waals surface area (Å²) in [4.78, 5) is 8.86. The Balaban J connectivity index is 1.41. The number of aryl methyl sites for hydroxylation is 1. The number of anilines is 1. The second-order valence-electron chi connectivity index (χ2n) is 7.00. The average Bonchev–Trinajstić information content (AvgIpc) is 3.39. The molecule has 0 amide bonds. The number of hydrogen-bond acceptors (Lipinski definition) is 11. The van der Waals surface area contributed by atoms with Gasteiger partial charge in [-0.25, -0.2) is 9.61 Å². The van der Waals surface area contributed by atoms with E-state index in [0.717, 1.165) is 31.4 Å². The highest BCUT2D eigenvalue weighted by molar-refractivity contribution is 5.85. The van der Waals surface area contributed by atoms with Gasteiger partial charge < -0.3 is 35.6 Å². The number of imidazole rings is 1. The molecule has 0 atom stereocenters. The summed E-state index contributed by atoms with van der Waals surface area (Å²) in [6.07, 6.45) is 5.29. The van der Waals surface area contributed by atoms with Crippen LogP contribution < -0.4 is 21.5 Å². The van der Waals surface area contributed by atoms with Crippen molar-refractivity contribution in [1.29, 1.82) is 0 Å². The molecule has 3 aromatic rings. The zero-order valence-corrected chi connectivity index (χ0v) is 18.5. The first kappa shape index (κ1) is 23.9. The fraction of sp³-hybridized carbons (Fsp3) is 0.600. The van der Waals surface area contributed by atoms with Gasteiger partial charge in [0.05, 0.1) is 45.4 Å². The van der Waals surface area contributed by atoms with Crippen LogP contribution in [0.2, 0.25) is 0 Å². The van der Waals surface area contributed by atoms with Gasteiger partial charge in [0.15, 0.2) is 23.1 Å². The predicted molar refractivity (Wildman–Crippen MR) is 119 cm³/mol. The van der Waals surface area contributed by atoms with Crippen LogP contribution in [0.3, 0.4) is 0 Å². The lowest BCUT2D eigenvalue weighted by Gasteiger charge is -2.10. The summed E-state index contributed by atoms with van der Waals surface area (Å²) in [6, 6.07) is 0. The Kier molecular flexibility index (Phi) is 9.62. The van der Waals surface area contributed by atoms with E-state index in [1.807, 2.05) is 11.5 Å². The summed E-state index contributed by atoms with van der Waals surface area (Å²) in [5.74, 6) is 1.45. The maximum Gasteiger partial charge on any atom is 0.199 e. The molecule has 0 unspecified atom stereocenters. The third kappa shape index (κ3) is 6.36. The molecular formula is C20H32N8O4. The molecule has 0 radical (unpaired) electrons. The standard InChI is InChI=1S/C20H32N8O4/c1-2-28-18-15(25-20(28)17-19(22)27-32-26-17)13-24-14-16(18)31-8-4-3-6-23-7-10-30-12-11-29-9-5-21/h13-14,23H,2-12,21H2,1H3,(H2,22,27). The number of nitrogens with two attached hydrogens (primary N) is 2. The van der Waals surface area contributed by atoms with Crippen molar-refractivity contribution >= 4 is 16.9 Å². The van der Waals surface area contributed by atoms with Crippen molar-refractivity contribution in [2.75, 3.05) is 58.4 Å². The third-order valence-corrected chi connectivity index (χ3v) is 4.72. The minimum Gasteiger partial charge on any atom is -0.490 e. The summed E-state index contributed by atoms with van der Waals surface area (Å²) in [6.45, 7) is 7.89. The summed E-state index contributed by atoms with van der Waals surface area (Å²) < 4.78 is 23.5. The van der Waals surface area contributed by atoms with Gasteiger partial charge in [-0.05, 0) is 36.6 Å². The van der Waals surface area contributed by atoms with Crippen LogP contribution in [0, 0.1) is 0 Å². The van der Waals surface area contributed by atoms with Crippen LogP contribution in [-0.4, -0.2) is 77.5 Å². The highest BCUT2D eigenvalue weighted by atomic mass is 16.6. The molecule has 0 aliphatic rings. The number of hydrogen-bond donors (Lipinski definition) is 3. The molecule has 5 N–H and O–H groups in total. The van der Waals surface area contributed by atoms with Gasteiger partial charge in [0.25, 0.3) is 0 Å². The van der Waals surface area contributed by atoms with Crippen LogP contribution in [-0.2, 0) is 16.0 Å². The van der Waals surface area contributed by atoms with Crippen LogP contribution in [0.1, 0.15) is 19.8 Å². The quantitative estimate of drug-likeness (QED) is 0.266. The lowest BCUT2D eigenvalue weighted by molar-refractivity contribution is 0.0518. The molecule has 0 bridgehead atoms. The van der Waals surface area contributed by atoms with E-state index in [4.69, 9.17) is 30.3 Å². The molecule has 0 spiro atoms. The molecule has 3 heterocycles. The largest absolute Gasteiger partial charge is 0.490 e. The molecule has 12 heteroatoms. The number of fused-ring (bicyclic) bond motifs is 1. The van der Waals surface area contributed by atoms with E-state index in [-0.39, 0.29) is 5.82 Å². The van der Waals surface area contributed by atoms with Crippen molar-refractivity contribution in [2.45, 2.75) is 26.3 Å². The van der Waals surface area contributed by atoms with Crippen molar-refractivity contribution in [1.82, 2.24) is 30.2 Å². The zero-order chi connectivity index (χ0) is 22.6. The van der Waals surface area contributed by atoms with Crippen LogP contribution in [0.5, 0.6) is 5.75 Å². The van der Waals surface area contributed by atoms with Gasteiger partial charge in [0.2, 0.25) is 0 Å². The number of rotatable bonds is 16. The topological polar surface area (TPSA) is 161 Å². The lowest BCUT2D eigenvalue weighted by Crippen LogP contribution is -2.22. The van der Waals surface area contributed by atoms with Gasteiger partial charge in [-0.2, -0.15) is 0 Å². The molecule has 0 aliphatic heterocycles. The molecule has 0 aromatic carbocycles. The number of nitrogens with zero attached hydrogens (tertiary/aromatic N) is 5. The van der Waals surface area contributed by atoms with Gasteiger partial charge >= 0.3 is 0 Å². The second-order valence-corrected chi connectivity index (χ2v) is 7.00. The van der Waals surface area contributed by atoms with E-state index in [0.29, 0.717) is 68.9 Å². The van der Waals surface area contributed by atoms with E-state index in [2.05, 4.69) is 25.6 Å². The summed E-state index contributed by atoms with van der Waals surface area (Å²) in [7, 11) is 0.